The number of aryl methyl sites for hydroxylation is 3. The molecule has 0 radical (unpaired) electrons. The van der Waals surface area contributed by atoms with Crippen LogP contribution in [0.15, 0.2) is 64.6 Å². The number of sulfonamides is 1. The monoisotopic (exact) mass is 350 g/mol. The Morgan fingerprint density at radius 2 is 1.68 bits per heavy atom. The maximum atomic E-state index is 12.3. The summed E-state index contributed by atoms with van der Waals surface area (Å²) in [6.07, 6.45) is 3.70. The minimum absolute atomic E-state index is 0.204. The average Bonchev–Trinajstić information content (AvgIpc) is 3.02. The van der Waals surface area contributed by atoms with Crippen LogP contribution in [0.1, 0.15) is 22.3 Å². The zero-order valence-electron chi connectivity index (χ0n) is 13.9. The Labute approximate surface area is 147 Å². The predicted molar refractivity (Wildman–Crippen MR) is 100 cm³/mol. The van der Waals surface area contributed by atoms with Crippen LogP contribution in [0.2, 0.25) is 0 Å². The van der Waals surface area contributed by atoms with Gasteiger partial charge in [0.2, 0.25) is 0 Å². The first-order valence-electron chi connectivity index (χ1n) is 8.20. The molecule has 1 aliphatic carbocycles. The second kappa shape index (κ2) is 6.01. The molecule has 0 aliphatic heterocycles. The first-order chi connectivity index (χ1) is 12.0. The summed E-state index contributed by atoms with van der Waals surface area (Å²) in [7, 11) is -3.65. The van der Waals surface area contributed by atoms with Crippen molar-refractivity contribution in [3.05, 3.63) is 76.9 Å². The lowest BCUT2D eigenvalue weighted by molar-refractivity contribution is 0.584. The molecule has 0 spiro atoms. The molecular formula is C20H18N2O2S. The first kappa shape index (κ1) is 15.8. The lowest BCUT2D eigenvalue weighted by Crippen LogP contribution is -2.18. The van der Waals surface area contributed by atoms with Gasteiger partial charge in [0.15, 0.2) is 0 Å². The second-order valence-electron chi connectivity index (χ2n) is 6.32. The summed E-state index contributed by atoms with van der Waals surface area (Å²) < 4.78 is 24.6. The van der Waals surface area contributed by atoms with Gasteiger partial charge in [-0.15, -0.1) is 0 Å². The van der Waals surface area contributed by atoms with Crippen molar-refractivity contribution in [1.82, 2.24) is 4.83 Å². The van der Waals surface area contributed by atoms with Crippen molar-refractivity contribution in [3.63, 3.8) is 0 Å². The van der Waals surface area contributed by atoms with E-state index in [0.29, 0.717) is 0 Å². The van der Waals surface area contributed by atoms with Gasteiger partial charge >= 0.3 is 0 Å². The highest BCUT2D eigenvalue weighted by Crippen LogP contribution is 2.32. The number of rotatable bonds is 4. The van der Waals surface area contributed by atoms with E-state index in [1.807, 2.05) is 19.1 Å². The summed E-state index contributed by atoms with van der Waals surface area (Å²) in [6.45, 7) is 1.91. The van der Waals surface area contributed by atoms with Gasteiger partial charge in [-0.05, 0) is 53.8 Å². The van der Waals surface area contributed by atoms with Crippen LogP contribution < -0.4 is 4.83 Å². The molecule has 0 heterocycles. The van der Waals surface area contributed by atoms with E-state index < -0.39 is 10.0 Å². The molecule has 0 saturated heterocycles. The van der Waals surface area contributed by atoms with Gasteiger partial charge < -0.3 is 0 Å². The van der Waals surface area contributed by atoms with Crippen LogP contribution >= 0.6 is 0 Å². The first-order valence-corrected chi connectivity index (χ1v) is 9.68. The van der Waals surface area contributed by atoms with Crippen molar-refractivity contribution in [2.24, 2.45) is 5.10 Å². The summed E-state index contributed by atoms with van der Waals surface area (Å²) >= 11 is 0. The highest BCUT2D eigenvalue weighted by atomic mass is 32.2. The number of hydrogen-bond donors (Lipinski definition) is 1. The molecule has 0 aromatic heterocycles. The van der Waals surface area contributed by atoms with Crippen molar-refractivity contribution in [2.75, 3.05) is 0 Å². The van der Waals surface area contributed by atoms with Crippen LogP contribution in [0.5, 0.6) is 0 Å². The highest BCUT2D eigenvalue weighted by Gasteiger charge is 2.15. The molecule has 0 bridgehead atoms. The smallest absolute Gasteiger partial charge is 0.200 e. The lowest BCUT2D eigenvalue weighted by atomic mass is 10.0. The van der Waals surface area contributed by atoms with Gasteiger partial charge in [-0.3, -0.25) is 0 Å². The fraction of sp³-hybridized carbons (Fsp3) is 0.150. The van der Waals surface area contributed by atoms with E-state index in [1.165, 1.54) is 16.5 Å². The van der Waals surface area contributed by atoms with Crippen molar-refractivity contribution in [3.8, 4) is 0 Å². The highest BCUT2D eigenvalue weighted by molar-refractivity contribution is 7.89. The van der Waals surface area contributed by atoms with E-state index in [9.17, 15) is 8.42 Å². The standard InChI is InChI=1S/C20H18N2O2S/c1-14-5-11-18(12-6-14)25(23,24)22-21-13-17-10-9-16-8-7-15-3-2-4-19(17)20(15)16/h2-6,9-13,22H,7-8H2,1H3/b21-13-. The number of hydrazone groups is 1. The molecule has 0 unspecified atom stereocenters. The third-order valence-corrected chi connectivity index (χ3v) is 5.86. The van der Waals surface area contributed by atoms with Gasteiger partial charge in [-0.2, -0.15) is 13.5 Å². The van der Waals surface area contributed by atoms with Crippen LogP contribution in [0.4, 0.5) is 0 Å². The van der Waals surface area contributed by atoms with E-state index in [2.05, 4.69) is 28.1 Å². The third kappa shape index (κ3) is 2.91. The minimum atomic E-state index is -3.65. The molecule has 25 heavy (non-hydrogen) atoms. The molecule has 3 aromatic rings. The molecule has 0 saturated carbocycles. The quantitative estimate of drug-likeness (QED) is 0.578. The molecule has 3 aromatic carbocycles. The van der Waals surface area contributed by atoms with E-state index in [0.717, 1.165) is 29.4 Å². The summed E-state index contributed by atoms with van der Waals surface area (Å²) in [5.41, 5.74) is 4.62. The molecular weight excluding hydrogens is 332 g/mol. The summed E-state index contributed by atoms with van der Waals surface area (Å²) in [4.78, 5) is 2.50. The van der Waals surface area contributed by atoms with Crippen LogP contribution in [0.25, 0.3) is 10.8 Å². The Morgan fingerprint density at radius 1 is 0.960 bits per heavy atom. The zero-order valence-corrected chi connectivity index (χ0v) is 14.7. The number of benzene rings is 3. The topological polar surface area (TPSA) is 58.5 Å². The van der Waals surface area contributed by atoms with Gasteiger partial charge in [0, 0.05) is 5.56 Å². The van der Waals surface area contributed by atoms with E-state index >= 15 is 0 Å². The number of nitrogens with zero attached hydrogens (tertiary/aromatic N) is 1. The zero-order chi connectivity index (χ0) is 17.4. The van der Waals surface area contributed by atoms with Crippen molar-refractivity contribution < 1.29 is 8.42 Å². The van der Waals surface area contributed by atoms with E-state index in [1.54, 1.807) is 30.5 Å². The molecule has 4 nitrogen and oxygen atoms in total. The van der Waals surface area contributed by atoms with E-state index in [4.69, 9.17) is 0 Å². The lowest BCUT2D eigenvalue weighted by Gasteiger charge is -2.06. The van der Waals surface area contributed by atoms with Crippen LogP contribution in [0.3, 0.4) is 0 Å². The van der Waals surface area contributed by atoms with Crippen molar-refractivity contribution in [1.29, 1.82) is 0 Å². The number of nitrogens with one attached hydrogen (secondary N) is 1. The molecule has 4 rings (SSSR count). The van der Waals surface area contributed by atoms with Gasteiger partial charge in [-0.1, -0.05) is 48.0 Å². The summed E-state index contributed by atoms with van der Waals surface area (Å²) in [5.74, 6) is 0. The van der Waals surface area contributed by atoms with Gasteiger partial charge in [-0.25, -0.2) is 4.83 Å². The fourth-order valence-corrected chi connectivity index (χ4v) is 4.11. The Hall–Kier alpha value is -2.66. The fourth-order valence-electron chi connectivity index (χ4n) is 3.32. The third-order valence-electron chi connectivity index (χ3n) is 4.62. The molecule has 1 aliphatic rings. The van der Waals surface area contributed by atoms with Crippen LogP contribution in [-0.2, 0) is 22.9 Å². The Bertz CT molecular complexity index is 1070. The molecule has 0 atom stereocenters. The molecule has 126 valence electrons. The largest absolute Gasteiger partial charge is 0.276 e. The minimum Gasteiger partial charge on any atom is -0.200 e. The Balaban J connectivity index is 1.63. The number of hydrogen-bond acceptors (Lipinski definition) is 3. The second-order valence-corrected chi connectivity index (χ2v) is 7.98. The maximum absolute atomic E-state index is 12.3. The van der Waals surface area contributed by atoms with E-state index in [-0.39, 0.29) is 4.90 Å². The SMILES string of the molecule is Cc1ccc(S(=O)(=O)N/N=C\c2ccc3c4c(cccc24)CC3)cc1. The Kier molecular flexibility index (Phi) is 3.81. The molecule has 1 N–H and O–H groups in total. The van der Waals surface area contributed by atoms with Crippen LogP contribution in [0, 0.1) is 6.92 Å². The van der Waals surface area contributed by atoms with Crippen LogP contribution in [-0.4, -0.2) is 14.6 Å². The maximum Gasteiger partial charge on any atom is 0.276 e. The van der Waals surface area contributed by atoms with Gasteiger partial charge in [0.05, 0.1) is 11.1 Å². The summed E-state index contributed by atoms with van der Waals surface area (Å²) in [6, 6.07) is 17.0. The average molecular weight is 350 g/mol. The van der Waals surface area contributed by atoms with Gasteiger partial charge in [0.1, 0.15) is 0 Å². The predicted octanol–water partition coefficient (Wildman–Crippen LogP) is 3.56. The molecule has 0 amide bonds. The summed E-state index contributed by atoms with van der Waals surface area (Å²) in [5, 5.41) is 6.38. The Morgan fingerprint density at radius 3 is 2.44 bits per heavy atom. The van der Waals surface area contributed by atoms with Crippen molar-refractivity contribution in [2.45, 2.75) is 24.7 Å². The van der Waals surface area contributed by atoms with Gasteiger partial charge in [0.25, 0.3) is 10.0 Å². The molecule has 5 heteroatoms. The van der Waals surface area contributed by atoms with Crippen molar-refractivity contribution >= 4 is 27.0 Å². The molecule has 0 fully saturated rings. The normalized spacial score (nSPS) is 13.6.